The second kappa shape index (κ2) is 12.8. The highest BCUT2D eigenvalue weighted by Crippen LogP contribution is 2.18. The third-order valence-electron chi connectivity index (χ3n) is 4.53. The van der Waals surface area contributed by atoms with Gasteiger partial charge < -0.3 is 20.4 Å². The van der Waals surface area contributed by atoms with E-state index in [1.54, 1.807) is 25.4 Å². The van der Waals surface area contributed by atoms with Crippen molar-refractivity contribution in [2.75, 3.05) is 20.1 Å². The average Bonchev–Trinajstić information content (AvgIpc) is 3.24. The second-order valence-electron chi connectivity index (χ2n) is 7.02. The summed E-state index contributed by atoms with van der Waals surface area (Å²) in [6.45, 7) is 3.42. The first-order chi connectivity index (χ1) is 15.0. The van der Waals surface area contributed by atoms with Gasteiger partial charge in [-0.05, 0) is 36.8 Å². The van der Waals surface area contributed by atoms with E-state index in [2.05, 4.69) is 25.9 Å². The highest BCUT2D eigenvalue weighted by Gasteiger charge is 2.08. The maximum Gasteiger partial charge on any atom is 0.226 e. The van der Waals surface area contributed by atoms with E-state index in [1.165, 1.54) is 17.7 Å². The van der Waals surface area contributed by atoms with Crippen molar-refractivity contribution in [1.82, 2.24) is 20.9 Å². The van der Waals surface area contributed by atoms with Gasteiger partial charge >= 0.3 is 0 Å². The van der Waals surface area contributed by atoms with Crippen LogP contribution < -0.4 is 16.0 Å². The monoisotopic (exact) mass is 551 g/mol. The molecule has 0 saturated carbocycles. The van der Waals surface area contributed by atoms with Gasteiger partial charge in [-0.25, -0.2) is 9.37 Å². The molecule has 0 bridgehead atoms. The number of aryl methyl sites for hydroxylation is 1. The van der Waals surface area contributed by atoms with E-state index in [4.69, 9.17) is 4.42 Å². The molecule has 3 N–H and O–H groups in total. The molecule has 0 atom stereocenters. The normalized spacial score (nSPS) is 10.9. The average molecular weight is 551 g/mol. The molecule has 1 amide bonds. The van der Waals surface area contributed by atoms with Gasteiger partial charge in [-0.2, -0.15) is 0 Å². The standard InChI is InChI=1S/C23H26FN5O2.HI/c1-16-3-7-18(8-4-16)22-29-20(15-31-22)14-28-23(25-2)27-12-11-26-21(30)13-17-5-9-19(24)10-6-17;/h3-10,15H,11-14H2,1-2H3,(H,26,30)(H2,25,27,28);1H. The zero-order valence-electron chi connectivity index (χ0n) is 18.0. The van der Waals surface area contributed by atoms with Crippen LogP contribution in [-0.2, 0) is 17.8 Å². The zero-order valence-corrected chi connectivity index (χ0v) is 20.4. The number of amides is 1. The molecule has 1 heterocycles. The molecule has 7 nitrogen and oxygen atoms in total. The van der Waals surface area contributed by atoms with Gasteiger partial charge in [0.15, 0.2) is 5.96 Å². The first kappa shape index (κ1) is 25.3. The highest BCUT2D eigenvalue weighted by atomic mass is 127. The van der Waals surface area contributed by atoms with Crippen molar-refractivity contribution in [2.45, 2.75) is 19.9 Å². The molecule has 1 aromatic heterocycles. The maximum atomic E-state index is 12.9. The zero-order chi connectivity index (χ0) is 22.1. The molecular formula is C23H27FIN5O2. The van der Waals surface area contributed by atoms with Crippen molar-refractivity contribution in [1.29, 1.82) is 0 Å². The molecule has 0 aliphatic rings. The molecular weight excluding hydrogens is 524 g/mol. The third-order valence-corrected chi connectivity index (χ3v) is 4.53. The molecule has 0 aliphatic heterocycles. The van der Waals surface area contributed by atoms with Gasteiger partial charge in [-0.1, -0.05) is 29.8 Å². The molecule has 2 aromatic carbocycles. The number of oxazole rings is 1. The lowest BCUT2D eigenvalue weighted by Crippen LogP contribution is -2.41. The second-order valence-corrected chi connectivity index (χ2v) is 7.02. The maximum absolute atomic E-state index is 12.9. The Balaban J connectivity index is 0.00000363. The van der Waals surface area contributed by atoms with Gasteiger partial charge in [0, 0.05) is 25.7 Å². The molecule has 170 valence electrons. The molecule has 3 rings (SSSR count). The Kier molecular flexibility index (Phi) is 10.1. The summed E-state index contributed by atoms with van der Waals surface area (Å²) in [6, 6.07) is 13.9. The van der Waals surface area contributed by atoms with Crippen molar-refractivity contribution in [3.63, 3.8) is 0 Å². The van der Waals surface area contributed by atoms with E-state index in [1.807, 2.05) is 31.2 Å². The van der Waals surface area contributed by atoms with Gasteiger partial charge in [0.2, 0.25) is 11.8 Å². The quantitative estimate of drug-likeness (QED) is 0.173. The molecule has 0 saturated heterocycles. The van der Waals surface area contributed by atoms with E-state index in [0.29, 0.717) is 31.5 Å². The predicted molar refractivity (Wildman–Crippen MR) is 133 cm³/mol. The summed E-state index contributed by atoms with van der Waals surface area (Å²) in [6.07, 6.45) is 1.83. The van der Waals surface area contributed by atoms with Gasteiger partial charge in [-0.15, -0.1) is 24.0 Å². The van der Waals surface area contributed by atoms with E-state index < -0.39 is 0 Å². The third kappa shape index (κ3) is 7.95. The summed E-state index contributed by atoms with van der Waals surface area (Å²) in [5, 5.41) is 9.11. The molecule has 0 radical (unpaired) electrons. The fourth-order valence-corrected chi connectivity index (χ4v) is 2.84. The number of carbonyl (C=O) groups excluding carboxylic acids is 1. The number of benzene rings is 2. The Bertz CT molecular complexity index is 1020. The van der Waals surface area contributed by atoms with Crippen molar-refractivity contribution in [3.8, 4) is 11.5 Å². The Hall–Kier alpha value is -2.95. The number of aliphatic imine (C=N–C) groups is 1. The topological polar surface area (TPSA) is 91.5 Å². The molecule has 0 unspecified atom stereocenters. The Morgan fingerprint density at radius 2 is 1.72 bits per heavy atom. The molecule has 3 aromatic rings. The Labute approximate surface area is 203 Å². The first-order valence-corrected chi connectivity index (χ1v) is 10.0. The summed E-state index contributed by atoms with van der Waals surface area (Å²) >= 11 is 0. The van der Waals surface area contributed by atoms with Crippen LogP contribution in [0.5, 0.6) is 0 Å². The number of hydrogen-bond donors (Lipinski definition) is 3. The van der Waals surface area contributed by atoms with Crippen LogP contribution >= 0.6 is 24.0 Å². The fraction of sp³-hybridized carbons (Fsp3) is 0.261. The molecule has 0 spiro atoms. The Morgan fingerprint density at radius 1 is 1.03 bits per heavy atom. The largest absolute Gasteiger partial charge is 0.444 e. The minimum Gasteiger partial charge on any atom is -0.444 e. The minimum absolute atomic E-state index is 0. The van der Waals surface area contributed by atoms with Gasteiger partial charge in [-0.3, -0.25) is 9.79 Å². The number of guanidine groups is 1. The number of hydrogen-bond acceptors (Lipinski definition) is 4. The van der Waals surface area contributed by atoms with E-state index in [-0.39, 0.29) is 42.1 Å². The summed E-state index contributed by atoms with van der Waals surface area (Å²) in [7, 11) is 1.67. The van der Waals surface area contributed by atoms with Crippen LogP contribution in [0.1, 0.15) is 16.8 Å². The lowest BCUT2D eigenvalue weighted by molar-refractivity contribution is -0.120. The van der Waals surface area contributed by atoms with Crippen LogP contribution in [0.3, 0.4) is 0 Å². The molecule has 32 heavy (non-hydrogen) atoms. The number of nitrogens with one attached hydrogen (secondary N) is 3. The SMILES string of the molecule is CN=C(NCCNC(=O)Cc1ccc(F)cc1)NCc1coc(-c2ccc(C)cc2)n1.I. The summed E-state index contributed by atoms with van der Waals surface area (Å²) < 4.78 is 18.5. The van der Waals surface area contributed by atoms with Crippen LogP contribution in [0.4, 0.5) is 4.39 Å². The summed E-state index contributed by atoms with van der Waals surface area (Å²) in [4.78, 5) is 20.6. The van der Waals surface area contributed by atoms with Crippen LogP contribution in [0, 0.1) is 12.7 Å². The van der Waals surface area contributed by atoms with Gasteiger partial charge in [0.25, 0.3) is 0 Å². The Morgan fingerprint density at radius 3 is 2.41 bits per heavy atom. The van der Waals surface area contributed by atoms with E-state index in [0.717, 1.165) is 16.8 Å². The smallest absolute Gasteiger partial charge is 0.226 e. The van der Waals surface area contributed by atoms with Crippen molar-refractivity contribution < 1.29 is 13.6 Å². The number of rotatable bonds is 8. The van der Waals surface area contributed by atoms with Crippen molar-refractivity contribution >= 4 is 35.8 Å². The first-order valence-electron chi connectivity index (χ1n) is 10.0. The number of halogens is 2. The molecule has 9 heteroatoms. The van der Waals surface area contributed by atoms with Gasteiger partial charge in [0.05, 0.1) is 18.7 Å². The lowest BCUT2D eigenvalue weighted by Gasteiger charge is -2.11. The predicted octanol–water partition coefficient (Wildman–Crippen LogP) is 3.43. The van der Waals surface area contributed by atoms with Crippen molar-refractivity contribution in [2.24, 2.45) is 4.99 Å². The van der Waals surface area contributed by atoms with E-state index in [9.17, 15) is 9.18 Å². The lowest BCUT2D eigenvalue weighted by atomic mass is 10.1. The fourth-order valence-electron chi connectivity index (χ4n) is 2.84. The van der Waals surface area contributed by atoms with Crippen LogP contribution in [0.15, 0.2) is 64.2 Å². The number of carbonyl (C=O) groups is 1. The van der Waals surface area contributed by atoms with Gasteiger partial charge in [0.1, 0.15) is 12.1 Å². The number of aromatic nitrogens is 1. The van der Waals surface area contributed by atoms with Crippen molar-refractivity contribution in [3.05, 3.63) is 77.4 Å². The highest BCUT2D eigenvalue weighted by molar-refractivity contribution is 14.0. The van der Waals surface area contributed by atoms with E-state index >= 15 is 0 Å². The van der Waals surface area contributed by atoms with Crippen LogP contribution in [0.25, 0.3) is 11.5 Å². The van der Waals surface area contributed by atoms with Crippen LogP contribution in [0.2, 0.25) is 0 Å². The minimum atomic E-state index is -0.316. The molecule has 0 aliphatic carbocycles. The molecule has 0 fully saturated rings. The summed E-state index contributed by atoms with van der Waals surface area (Å²) in [5.74, 6) is 0.725. The number of nitrogens with zero attached hydrogens (tertiary/aromatic N) is 2. The summed E-state index contributed by atoms with van der Waals surface area (Å²) in [5.41, 5.74) is 3.63. The van der Waals surface area contributed by atoms with Crippen LogP contribution in [-0.4, -0.2) is 37.0 Å².